The highest BCUT2D eigenvalue weighted by Crippen LogP contribution is 2.41. The highest BCUT2D eigenvalue weighted by molar-refractivity contribution is 7.21. The van der Waals surface area contributed by atoms with Gasteiger partial charge in [0.05, 0.1) is 12.8 Å². The molecule has 1 aromatic heterocycles. The molecule has 5 heteroatoms. The fourth-order valence-electron chi connectivity index (χ4n) is 2.79. The number of ether oxygens (including phenoxy) is 1. The van der Waals surface area contributed by atoms with E-state index in [-0.39, 0.29) is 5.91 Å². The lowest BCUT2D eigenvalue weighted by atomic mass is 10.1. The molecule has 0 unspecified atom stereocenters. The number of amides is 1. The lowest BCUT2D eigenvalue weighted by molar-refractivity contribution is 0.0809. The van der Waals surface area contributed by atoms with Crippen LogP contribution in [0.25, 0.3) is 10.1 Å². The average Bonchev–Trinajstić information content (AvgIpc) is 2.83. The van der Waals surface area contributed by atoms with Crippen molar-refractivity contribution in [2.75, 3.05) is 38.7 Å². The Balaban J connectivity index is 2.23. The number of hydrogen-bond donors (Lipinski definition) is 0. The summed E-state index contributed by atoms with van der Waals surface area (Å²) < 4.78 is 6.46. The quantitative estimate of drug-likeness (QED) is 0.814. The Morgan fingerprint density at radius 3 is 2.86 bits per heavy atom. The summed E-state index contributed by atoms with van der Waals surface area (Å²) in [6.45, 7) is 8.34. The van der Waals surface area contributed by atoms with E-state index in [2.05, 4.69) is 11.5 Å². The van der Waals surface area contributed by atoms with E-state index in [1.54, 1.807) is 23.3 Å². The van der Waals surface area contributed by atoms with E-state index in [1.807, 2.05) is 32.2 Å². The summed E-state index contributed by atoms with van der Waals surface area (Å²) >= 11 is 1.56. The summed E-state index contributed by atoms with van der Waals surface area (Å²) in [4.78, 5) is 17.5. The minimum atomic E-state index is 0.0967. The molecule has 1 aromatic carbocycles. The Kier molecular flexibility index (Phi) is 3.83. The van der Waals surface area contributed by atoms with Crippen molar-refractivity contribution in [1.29, 1.82) is 0 Å². The average molecular weight is 316 g/mol. The standard InChI is InChI=1S/C17H20N2O2S/c1-11(2)10-19-8-7-18(3)17(20)16-15(19)13-9-12(21-4)5-6-14(13)22-16/h5-6,9H,1,7-8,10H2,2-4H3. The van der Waals surface area contributed by atoms with Gasteiger partial charge in [-0.2, -0.15) is 0 Å². The summed E-state index contributed by atoms with van der Waals surface area (Å²) in [5.74, 6) is 0.910. The van der Waals surface area contributed by atoms with Crippen molar-refractivity contribution in [3.8, 4) is 5.75 Å². The van der Waals surface area contributed by atoms with E-state index in [4.69, 9.17) is 4.74 Å². The van der Waals surface area contributed by atoms with E-state index in [9.17, 15) is 4.79 Å². The molecular formula is C17H20N2O2S. The molecule has 0 fully saturated rings. The van der Waals surface area contributed by atoms with E-state index in [0.29, 0.717) is 0 Å². The van der Waals surface area contributed by atoms with E-state index >= 15 is 0 Å². The van der Waals surface area contributed by atoms with Crippen molar-refractivity contribution in [1.82, 2.24) is 4.90 Å². The number of nitrogens with zero attached hydrogens (tertiary/aromatic N) is 2. The molecular weight excluding hydrogens is 296 g/mol. The lowest BCUT2D eigenvalue weighted by Gasteiger charge is -2.24. The number of benzene rings is 1. The zero-order valence-corrected chi connectivity index (χ0v) is 14.0. The predicted octanol–water partition coefficient (Wildman–Crippen LogP) is 3.38. The smallest absolute Gasteiger partial charge is 0.265 e. The molecule has 3 rings (SSSR count). The van der Waals surface area contributed by atoms with Crippen molar-refractivity contribution < 1.29 is 9.53 Å². The normalized spacial score (nSPS) is 15.0. The number of fused-ring (bicyclic) bond motifs is 3. The Hall–Kier alpha value is -2.01. The topological polar surface area (TPSA) is 32.8 Å². The van der Waals surface area contributed by atoms with Crippen LogP contribution in [0.3, 0.4) is 0 Å². The number of hydrogen-bond acceptors (Lipinski definition) is 4. The second-order valence-corrected chi connectivity index (χ2v) is 6.80. The zero-order valence-electron chi connectivity index (χ0n) is 13.2. The van der Waals surface area contributed by atoms with Crippen LogP contribution in [-0.4, -0.2) is 44.6 Å². The molecule has 1 aliphatic heterocycles. The zero-order chi connectivity index (χ0) is 15.9. The van der Waals surface area contributed by atoms with Gasteiger partial charge in [-0.1, -0.05) is 12.2 Å². The van der Waals surface area contributed by atoms with Gasteiger partial charge < -0.3 is 14.5 Å². The summed E-state index contributed by atoms with van der Waals surface area (Å²) in [6, 6.07) is 5.99. The third-order valence-corrected chi connectivity index (χ3v) is 5.04. The van der Waals surface area contributed by atoms with Gasteiger partial charge in [-0.15, -0.1) is 11.3 Å². The van der Waals surface area contributed by atoms with Crippen LogP contribution in [0.1, 0.15) is 16.6 Å². The largest absolute Gasteiger partial charge is 0.497 e. The second kappa shape index (κ2) is 5.65. The maximum Gasteiger partial charge on any atom is 0.265 e. The Bertz CT molecular complexity index is 750. The molecule has 0 saturated heterocycles. The van der Waals surface area contributed by atoms with Crippen LogP contribution in [0.2, 0.25) is 0 Å². The Labute approximate surface area is 134 Å². The minimum absolute atomic E-state index is 0.0967. The SMILES string of the molecule is C=C(C)CN1CCN(C)C(=O)c2sc3ccc(OC)cc3c21. The van der Waals surface area contributed by atoms with E-state index in [0.717, 1.165) is 51.6 Å². The van der Waals surface area contributed by atoms with Crippen molar-refractivity contribution in [2.24, 2.45) is 0 Å². The molecule has 0 saturated carbocycles. The number of methoxy groups -OCH3 is 1. The minimum Gasteiger partial charge on any atom is -0.497 e. The summed E-state index contributed by atoms with van der Waals surface area (Å²) in [6.07, 6.45) is 0. The second-order valence-electron chi connectivity index (χ2n) is 5.75. The first-order valence-electron chi connectivity index (χ1n) is 7.26. The predicted molar refractivity (Wildman–Crippen MR) is 92.4 cm³/mol. The Morgan fingerprint density at radius 2 is 2.18 bits per heavy atom. The number of rotatable bonds is 3. The van der Waals surface area contributed by atoms with Crippen LogP contribution < -0.4 is 9.64 Å². The first kappa shape index (κ1) is 14.9. The fourth-order valence-corrected chi connectivity index (χ4v) is 3.99. The van der Waals surface area contributed by atoms with Gasteiger partial charge in [0, 0.05) is 36.8 Å². The molecule has 0 atom stereocenters. The molecule has 22 heavy (non-hydrogen) atoms. The molecule has 0 radical (unpaired) electrons. The number of thiophene rings is 1. The number of carbonyl (C=O) groups excluding carboxylic acids is 1. The van der Waals surface area contributed by atoms with Gasteiger partial charge in [0.25, 0.3) is 5.91 Å². The van der Waals surface area contributed by atoms with Crippen molar-refractivity contribution in [2.45, 2.75) is 6.92 Å². The van der Waals surface area contributed by atoms with Gasteiger partial charge in [-0.25, -0.2) is 0 Å². The molecule has 1 aliphatic rings. The van der Waals surface area contributed by atoms with Gasteiger partial charge in [-0.05, 0) is 25.1 Å². The van der Waals surface area contributed by atoms with Crippen LogP contribution in [0, 0.1) is 0 Å². The van der Waals surface area contributed by atoms with E-state index in [1.165, 1.54) is 0 Å². The molecule has 1 amide bonds. The third-order valence-electron chi connectivity index (χ3n) is 3.89. The van der Waals surface area contributed by atoms with Gasteiger partial charge in [-0.3, -0.25) is 4.79 Å². The van der Waals surface area contributed by atoms with E-state index < -0.39 is 0 Å². The van der Waals surface area contributed by atoms with Crippen molar-refractivity contribution in [3.63, 3.8) is 0 Å². The monoisotopic (exact) mass is 316 g/mol. The highest BCUT2D eigenvalue weighted by atomic mass is 32.1. The molecule has 116 valence electrons. The summed E-state index contributed by atoms with van der Waals surface area (Å²) in [5.41, 5.74) is 2.11. The molecule has 0 spiro atoms. The first-order valence-corrected chi connectivity index (χ1v) is 8.08. The molecule has 2 aromatic rings. The van der Waals surface area contributed by atoms with Gasteiger partial charge in [0.2, 0.25) is 0 Å². The van der Waals surface area contributed by atoms with Crippen LogP contribution >= 0.6 is 11.3 Å². The van der Waals surface area contributed by atoms with Crippen molar-refractivity contribution >= 4 is 33.0 Å². The van der Waals surface area contributed by atoms with Crippen LogP contribution in [0.5, 0.6) is 5.75 Å². The lowest BCUT2D eigenvalue weighted by Crippen LogP contribution is -2.32. The number of likely N-dealkylation sites (N-methyl/N-ethyl adjacent to an activating group) is 1. The Morgan fingerprint density at radius 1 is 1.41 bits per heavy atom. The van der Waals surface area contributed by atoms with Gasteiger partial charge >= 0.3 is 0 Å². The third kappa shape index (κ3) is 2.46. The van der Waals surface area contributed by atoms with Crippen LogP contribution in [-0.2, 0) is 0 Å². The maximum atomic E-state index is 12.6. The molecule has 0 aliphatic carbocycles. The first-order chi connectivity index (χ1) is 10.5. The summed E-state index contributed by atoms with van der Waals surface area (Å²) in [5, 5.41) is 1.09. The fraction of sp³-hybridized carbons (Fsp3) is 0.353. The summed E-state index contributed by atoms with van der Waals surface area (Å²) in [7, 11) is 3.53. The maximum absolute atomic E-state index is 12.6. The van der Waals surface area contributed by atoms with Crippen LogP contribution in [0.15, 0.2) is 30.4 Å². The van der Waals surface area contributed by atoms with Crippen LogP contribution in [0.4, 0.5) is 5.69 Å². The molecule has 0 bridgehead atoms. The number of carbonyl (C=O) groups is 1. The highest BCUT2D eigenvalue weighted by Gasteiger charge is 2.28. The van der Waals surface area contributed by atoms with Gasteiger partial charge in [0.1, 0.15) is 10.6 Å². The van der Waals surface area contributed by atoms with Crippen molar-refractivity contribution in [3.05, 3.63) is 35.2 Å². The number of anilines is 1. The van der Waals surface area contributed by atoms with Gasteiger partial charge in [0.15, 0.2) is 0 Å². The molecule has 0 N–H and O–H groups in total. The molecule has 4 nitrogen and oxygen atoms in total. The molecule has 2 heterocycles.